The van der Waals surface area contributed by atoms with Gasteiger partial charge in [-0.15, -0.1) is 0 Å². The Hall–Kier alpha value is -1.87. The van der Waals surface area contributed by atoms with Crippen LogP contribution in [-0.2, 0) is 11.2 Å². The van der Waals surface area contributed by atoms with Crippen molar-refractivity contribution in [2.75, 3.05) is 19.6 Å². The van der Waals surface area contributed by atoms with Crippen molar-refractivity contribution in [2.45, 2.75) is 19.3 Å². The van der Waals surface area contributed by atoms with Crippen molar-refractivity contribution in [3.8, 4) is 0 Å². The van der Waals surface area contributed by atoms with E-state index < -0.39 is 0 Å². The molecule has 3 rings (SSSR count). The molecule has 0 atom stereocenters. The second-order valence-electron chi connectivity index (χ2n) is 5.86. The number of carbonyl (C=O) groups excluding carboxylic acids is 1. The van der Waals surface area contributed by atoms with Crippen LogP contribution in [0.3, 0.4) is 0 Å². The number of hydrogen-bond acceptors (Lipinski definition) is 2. The van der Waals surface area contributed by atoms with Crippen LogP contribution in [0.25, 0.3) is 10.8 Å². The first-order valence-electron chi connectivity index (χ1n) is 7.76. The topological polar surface area (TPSA) is 41.1 Å². The van der Waals surface area contributed by atoms with Crippen molar-refractivity contribution in [1.82, 2.24) is 10.6 Å². The van der Waals surface area contributed by atoms with Crippen LogP contribution >= 0.6 is 0 Å². The van der Waals surface area contributed by atoms with Gasteiger partial charge in [0.15, 0.2) is 0 Å². The fraction of sp³-hybridized carbons (Fsp3) is 0.389. The van der Waals surface area contributed by atoms with E-state index in [2.05, 4.69) is 34.9 Å². The van der Waals surface area contributed by atoms with Crippen molar-refractivity contribution in [3.05, 3.63) is 48.0 Å². The number of carbonyl (C=O) groups is 1. The van der Waals surface area contributed by atoms with E-state index in [1.165, 1.54) is 10.8 Å². The van der Waals surface area contributed by atoms with E-state index in [4.69, 9.17) is 0 Å². The van der Waals surface area contributed by atoms with E-state index in [-0.39, 0.29) is 5.91 Å². The number of nitrogens with one attached hydrogen (secondary N) is 2. The zero-order valence-corrected chi connectivity index (χ0v) is 12.3. The molecule has 0 spiro atoms. The van der Waals surface area contributed by atoms with Gasteiger partial charge in [0.25, 0.3) is 0 Å². The van der Waals surface area contributed by atoms with Crippen LogP contribution < -0.4 is 10.6 Å². The summed E-state index contributed by atoms with van der Waals surface area (Å²) in [6, 6.07) is 14.5. The molecule has 1 aliphatic rings. The predicted octanol–water partition coefficient (Wildman–Crippen LogP) is 2.50. The third-order valence-corrected chi connectivity index (χ3v) is 4.23. The van der Waals surface area contributed by atoms with Crippen LogP contribution in [-0.4, -0.2) is 25.5 Å². The molecule has 1 amide bonds. The first kappa shape index (κ1) is 14.1. The third kappa shape index (κ3) is 3.82. The summed E-state index contributed by atoms with van der Waals surface area (Å²) in [5.74, 6) is 0.760. The van der Waals surface area contributed by atoms with Crippen molar-refractivity contribution in [1.29, 1.82) is 0 Å². The lowest BCUT2D eigenvalue weighted by molar-refractivity contribution is -0.120. The Morgan fingerprint density at radius 2 is 1.86 bits per heavy atom. The first-order valence-corrected chi connectivity index (χ1v) is 7.76. The summed E-state index contributed by atoms with van der Waals surface area (Å²) in [5, 5.41) is 8.84. The molecule has 1 heterocycles. The van der Waals surface area contributed by atoms with Gasteiger partial charge in [-0.3, -0.25) is 4.79 Å². The van der Waals surface area contributed by atoms with Crippen molar-refractivity contribution >= 4 is 16.7 Å². The molecule has 1 saturated heterocycles. The molecular weight excluding hydrogens is 260 g/mol. The van der Waals surface area contributed by atoms with E-state index in [1.54, 1.807) is 0 Å². The maximum Gasteiger partial charge on any atom is 0.224 e. The molecule has 0 aromatic heterocycles. The second-order valence-corrected chi connectivity index (χ2v) is 5.86. The summed E-state index contributed by atoms with van der Waals surface area (Å²) in [6.45, 7) is 2.96. The summed E-state index contributed by atoms with van der Waals surface area (Å²) in [5.41, 5.74) is 1.08. The molecule has 2 aromatic rings. The predicted molar refractivity (Wildman–Crippen MR) is 86.3 cm³/mol. The van der Waals surface area contributed by atoms with Gasteiger partial charge in [-0.1, -0.05) is 42.5 Å². The van der Waals surface area contributed by atoms with Gasteiger partial charge in [-0.05, 0) is 48.2 Å². The van der Waals surface area contributed by atoms with Crippen molar-refractivity contribution in [2.24, 2.45) is 5.92 Å². The zero-order chi connectivity index (χ0) is 14.5. The highest BCUT2D eigenvalue weighted by atomic mass is 16.1. The summed E-state index contributed by atoms with van der Waals surface area (Å²) >= 11 is 0. The first-order chi connectivity index (χ1) is 10.3. The van der Waals surface area contributed by atoms with Crippen molar-refractivity contribution in [3.63, 3.8) is 0 Å². The molecule has 0 saturated carbocycles. The fourth-order valence-corrected chi connectivity index (χ4v) is 2.94. The van der Waals surface area contributed by atoms with Gasteiger partial charge in [0.1, 0.15) is 0 Å². The summed E-state index contributed by atoms with van der Waals surface area (Å²) in [4.78, 5) is 12.1. The van der Waals surface area contributed by atoms with Gasteiger partial charge in [0.05, 0.1) is 6.42 Å². The number of amides is 1. The summed E-state index contributed by atoms with van der Waals surface area (Å²) < 4.78 is 0. The highest BCUT2D eigenvalue weighted by Gasteiger charge is 2.14. The minimum absolute atomic E-state index is 0.129. The molecule has 1 aliphatic heterocycles. The monoisotopic (exact) mass is 282 g/mol. The number of piperidine rings is 1. The van der Waals surface area contributed by atoms with E-state index >= 15 is 0 Å². The number of benzene rings is 2. The molecule has 1 fully saturated rings. The Bertz CT molecular complexity index is 617. The van der Waals surface area contributed by atoms with Gasteiger partial charge in [0.2, 0.25) is 5.91 Å². The molecule has 0 bridgehead atoms. The molecular formula is C18H22N2O. The number of rotatable bonds is 4. The van der Waals surface area contributed by atoms with E-state index in [9.17, 15) is 4.79 Å². The highest BCUT2D eigenvalue weighted by Crippen LogP contribution is 2.16. The third-order valence-electron chi connectivity index (χ3n) is 4.23. The molecule has 3 heteroatoms. The smallest absolute Gasteiger partial charge is 0.224 e. The van der Waals surface area contributed by atoms with E-state index in [0.717, 1.165) is 38.0 Å². The Morgan fingerprint density at radius 1 is 1.10 bits per heavy atom. The van der Waals surface area contributed by atoms with Gasteiger partial charge >= 0.3 is 0 Å². The lowest BCUT2D eigenvalue weighted by Gasteiger charge is -2.22. The molecule has 2 aromatic carbocycles. The van der Waals surface area contributed by atoms with Gasteiger partial charge in [-0.2, -0.15) is 0 Å². The zero-order valence-electron chi connectivity index (χ0n) is 12.3. The molecule has 110 valence electrons. The molecule has 0 aliphatic carbocycles. The van der Waals surface area contributed by atoms with Crippen LogP contribution in [0, 0.1) is 5.92 Å². The van der Waals surface area contributed by atoms with Crippen LogP contribution in [0.5, 0.6) is 0 Å². The number of fused-ring (bicyclic) bond motifs is 1. The molecule has 3 nitrogen and oxygen atoms in total. The standard InChI is InChI=1S/C18H22N2O/c21-18(20-13-14-7-9-19-10-8-14)12-15-5-6-16-3-1-2-4-17(16)11-15/h1-6,11,14,19H,7-10,12-13H2,(H,20,21). The lowest BCUT2D eigenvalue weighted by Crippen LogP contribution is -2.36. The van der Waals surface area contributed by atoms with Gasteiger partial charge in [-0.25, -0.2) is 0 Å². The quantitative estimate of drug-likeness (QED) is 0.904. The molecule has 0 radical (unpaired) electrons. The molecule has 2 N–H and O–H groups in total. The van der Waals surface area contributed by atoms with E-state index in [1.807, 2.05) is 18.2 Å². The van der Waals surface area contributed by atoms with Crippen LogP contribution in [0.1, 0.15) is 18.4 Å². The van der Waals surface area contributed by atoms with Gasteiger partial charge < -0.3 is 10.6 Å². The minimum Gasteiger partial charge on any atom is -0.356 e. The maximum absolute atomic E-state index is 12.1. The lowest BCUT2D eigenvalue weighted by atomic mass is 9.98. The molecule has 0 unspecified atom stereocenters. The van der Waals surface area contributed by atoms with Crippen LogP contribution in [0.15, 0.2) is 42.5 Å². The second kappa shape index (κ2) is 6.72. The largest absolute Gasteiger partial charge is 0.356 e. The number of hydrogen-bond donors (Lipinski definition) is 2. The van der Waals surface area contributed by atoms with Crippen LogP contribution in [0.2, 0.25) is 0 Å². The van der Waals surface area contributed by atoms with Gasteiger partial charge in [0, 0.05) is 6.54 Å². The summed E-state index contributed by atoms with van der Waals surface area (Å²) in [7, 11) is 0. The Balaban J connectivity index is 1.55. The Kier molecular flexibility index (Phi) is 4.51. The average molecular weight is 282 g/mol. The normalized spacial score (nSPS) is 16.0. The average Bonchev–Trinajstić information content (AvgIpc) is 2.54. The van der Waals surface area contributed by atoms with E-state index in [0.29, 0.717) is 12.3 Å². The maximum atomic E-state index is 12.1. The van der Waals surface area contributed by atoms with Crippen molar-refractivity contribution < 1.29 is 4.79 Å². The Labute approximate surface area is 125 Å². The summed E-state index contributed by atoms with van der Waals surface area (Å²) in [6.07, 6.45) is 2.79. The van der Waals surface area contributed by atoms with Crippen LogP contribution in [0.4, 0.5) is 0 Å². The Morgan fingerprint density at radius 3 is 2.67 bits per heavy atom. The SMILES string of the molecule is O=C(Cc1ccc2ccccc2c1)NCC1CCNCC1. The molecule has 21 heavy (non-hydrogen) atoms. The highest BCUT2D eigenvalue weighted by molar-refractivity contribution is 5.85. The minimum atomic E-state index is 0.129. The fourth-order valence-electron chi connectivity index (χ4n) is 2.94.